The van der Waals surface area contributed by atoms with Gasteiger partial charge in [-0.15, -0.1) is 0 Å². The summed E-state index contributed by atoms with van der Waals surface area (Å²) in [6.45, 7) is 0.771. The number of carbonyl (C=O) groups is 1. The number of hydrogen-bond donors (Lipinski definition) is 1. The van der Waals surface area contributed by atoms with Crippen LogP contribution in [0.1, 0.15) is 0 Å². The Kier molecular flexibility index (Phi) is 1.91. The number of benzene rings is 1. The molecular weight excluding hydrogens is 256 g/mol. The molecule has 2 fully saturated rings. The summed E-state index contributed by atoms with van der Waals surface area (Å²) in [5.41, 5.74) is 6.74. The Balaban J connectivity index is 1.92. The van der Waals surface area contributed by atoms with Crippen LogP contribution >= 0.6 is 15.9 Å². The van der Waals surface area contributed by atoms with E-state index < -0.39 is 0 Å². The predicted molar refractivity (Wildman–Crippen MR) is 61.5 cm³/mol. The summed E-state index contributed by atoms with van der Waals surface area (Å²) in [5, 5.41) is 0. The molecule has 1 aliphatic carbocycles. The van der Waals surface area contributed by atoms with Crippen LogP contribution in [0.5, 0.6) is 0 Å². The first-order valence-corrected chi connectivity index (χ1v) is 5.81. The number of nitrogens with two attached hydrogens (primary N) is 1. The summed E-state index contributed by atoms with van der Waals surface area (Å²) in [6.07, 6.45) is 0. The van der Waals surface area contributed by atoms with Gasteiger partial charge >= 0.3 is 0 Å². The molecule has 0 bridgehead atoms. The highest BCUT2D eigenvalue weighted by molar-refractivity contribution is 9.10. The average molecular weight is 267 g/mol. The number of para-hydroxylation sites is 1. The Hall–Kier alpha value is -0.870. The van der Waals surface area contributed by atoms with E-state index in [0.29, 0.717) is 5.92 Å². The van der Waals surface area contributed by atoms with Crippen molar-refractivity contribution >= 4 is 27.5 Å². The molecule has 1 saturated heterocycles. The minimum atomic E-state index is 0.0807. The van der Waals surface area contributed by atoms with Crippen molar-refractivity contribution in [3.63, 3.8) is 0 Å². The van der Waals surface area contributed by atoms with Gasteiger partial charge in [0.25, 0.3) is 0 Å². The third-order valence-electron chi connectivity index (χ3n) is 3.32. The molecule has 3 rings (SSSR count). The highest BCUT2D eigenvalue weighted by Gasteiger charge is 2.60. The third kappa shape index (κ3) is 1.25. The van der Waals surface area contributed by atoms with Crippen molar-refractivity contribution < 1.29 is 4.79 Å². The molecule has 3 atom stereocenters. The van der Waals surface area contributed by atoms with E-state index in [0.717, 1.165) is 16.7 Å². The maximum absolute atomic E-state index is 11.9. The number of halogens is 1. The second kappa shape index (κ2) is 3.06. The molecule has 1 aromatic rings. The summed E-state index contributed by atoms with van der Waals surface area (Å²) in [4.78, 5) is 13.8. The van der Waals surface area contributed by atoms with Gasteiger partial charge in [0.2, 0.25) is 5.91 Å². The van der Waals surface area contributed by atoms with Gasteiger partial charge < -0.3 is 10.6 Å². The minimum absolute atomic E-state index is 0.0807. The summed E-state index contributed by atoms with van der Waals surface area (Å²) < 4.78 is 0.966. The molecule has 1 aromatic carbocycles. The van der Waals surface area contributed by atoms with Gasteiger partial charge in [0, 0.05) is 23.0 Å². The first-order chi connectivity index (χ1) is 7.20. The number of hydrogen-bond acceptors (Lipinski definition) is 2. The molecular formula is C11H11BrN2O. The monoisotopic (exact) mass is 266 g/mol. The molecule has 1 amide bonds. The Labute approximate surface area is 96.4 Å². The van der Waals surface area contributed by atoms with Crippen LogP contribution in [0.4, 0.5) is 5.69 Å². The zero-order valence-electron chi connectivity index (χ0n) is 8.06. The highest BCUT2D eigenvalue weighted by Crippen LogP contribution is 2.47. The van der Waals surface area contributed by atoms with Gasteiger partial charge in [0.1, 0.15) is 0 Å². The van der Waals surface area contributed by atoms with Gasteiger partial charge in [0.05, 0.1) is 11.6 Å². The smallest absolute Gasteiger partial charge is 0.232 e. The first-order valence-electron chi connectivity index (χ1n) is 5.01. The van der Waals surface area contributed by atoms with Crippen LogP contribution in [0.3, 0.4) is 0 Å². The second-order valence-electron chi connectivity index (χ2n) is 4.17. The van der Waals surface area contributed by atoms with E-state index in [9.17, 15) is 4.79 Å². The number of fused-ring (bicyclic) bond motifs is 1. The van der Waals surface area contributed by atoms with Crippen LogP contribution < -0.4 is 10.6 Å². The Morgan fingerprint density at radius 3 is 2.73 bits per heavy atom. The zero-order valence-corrected chi connectivity index (χ0v) is 9.65. The molecule has 3 unspecified atom stereocenters. The molecule has 1 heterocycles. The zero-order chi connectivity index (χ0) is 10.6. The number of piperidine rings is 1. The molecule has 1 aliphatic heterocycles. The number of rotatable bonds is 1. The van der Waals surface area contributed by atoms with Crippen LogP contribution in [0.2, 0.25) is 0 Å². The summed E-state index contributed by atoms with van der Waals surface area (Å²) in [7, 11) is 0. The van der Waals surface area contributed by atoms with Crippen molar-refractivity contribution in [1.29, 1.82) is 0 Å². The molecule has 2 N–H and O–H groups in total. The molecule has 0 aromatic heterocycles. The largest absolute Gasteiger partial charge is 0.327 e. The Morgan fingerprint density at radius 1 is 1.40 bits per heavy atom. The lowest BCUT2D eigenvalue weighted by Gasteiger charge is -2.20. The lowest BCUT2D eigenvalue weighted by atomic mass is 10.2. The van der Waals surface area contributed by atoms with Crippen molar-refractivity contribution in [2.75, 3.05) is 11.4 Å². The number of amides is 1. The van der Waals surface area contributed by atoms with Crippen molar-refractivity contribution in [1.82, 2.24) is 0 Å². The van der Waals surface area contributed by atoms with E-state index >= 15 is 0 Å². The van der Waals surface area contributed by atoms with Gasteiger partial charge in [0.15, 0.2) is 0 Å². The van der Waals surface area contributed by atoms with E-state index in [1.807, 2.05) is 29.2 Å². The quantitative estimate of drug-likeness (QED) is 0.835. The number of nitrogens with zero attached hydrogens (tertiary/aromatic N) is 1. The molecule has 0 radical (unpaired) electrons. The van der Waals surface area contributed by atoms with Crippen LogP contribution in [0, 0.1) is 11.8 Å². The van der Waals surface area contributed by atoms with Crippen molar-refractivity contribution in [2.24, 2.45) is 17.6 Å². The first kappa shape index (κ1) is 9.36. The lowest BCUT2D eigenvalue weighted by molar-refractivity contribution is -0.118. The maximum Gasteiger partial charge on any atom is 0.232 e. The van der Waals surface area contributed by atoms with E-state index in [1.54, 1.807) is 0 Å². The van der Waals surface area contributed by atoms with E-state index in [-0.39, 0.29) is 17.9 Å². The highest BCUT2D eigenvalue weighted by atomic mass is 79.9. The fraction of sp³-hybridized carbons (Fsp3) is 0.364. The summed E-state index contributed by atoms with van der Waals surface area (Å²) in [6, 6.07) is 7.90. The second-order valence-corrected chi connectivity index (χ2v) is 5.02. The van der Waals surface area contributed by atoms with Crippen molar-refractivity contribution in [2.45, 2.75) is 6.04 Å². The molecule has 2 aliphatic rings. The fourth-order valence-electron chi connectivity index (χ4n) is 2.35. The third-order valence-corrected chi connectivity index (χ3v) is 3.99. The Bertz CT molecular complexity index is 434. The van der Waals surface area contributed by atoms with Gasteiger partial charge in [-0.2, -0.15) is 0 Å². The van der Waals surface area contributed by atoms with Gasteiger partial charge in [-0.25, -0.2) is 0 Å². The summed E-state index contributed by atoms with van der Waals surface area (Å²) in [5.74, 6) is 0.640. The standard InChI is InChI=1S/C11H11BrN2O/c12-7-3-1-2-4-8(7)14-5-6-9(10(6)13)11(14)15/h1-4,6,9-10H,5,13H2. The molecule has 78 valence electrons. The van der Waals surface area contributed by atoms with E-state index in [2.05, 4.69) is 15.9 Å². The molecule has 3 nitrogen and oxygen atoms in total. The van der Waals surface area contributed by atoms with Crippen molar-refractivity contribution in [3.8, 4) is 0 Å². The van der Waals surface area contributed by atoms with Gasteiger partial charge in [-0.1, -0.05) is 12.1 Å². The fourth-order valence-corrected chi connectivity index (χ4v) is 2.85. The molecule has 0 spiro atoms. The Morgan fingerprint density at radius 2 is 2.13 bits per heavy atom. The lowest BCUT2D eigenvalue weighted by Crippen LogP contribution is -2.33. The van der Waals surface area contributed by atoms with Crippen LogP contribution in [0.15, 0.2) is 28.7 Å². The van der Waals surface area contributed by atoms with Crippen LogP contribution in [0.25, 0.3) is 0 Å². The predicted octanol–water partition coefficient (Wildman–Crippen LogP) is 1.37. The number of carbonyl (C=O) groups excluding carboxylic acids is 1. The topological polar surface area (TPSA) is 46.3 Å². The normalized spacial score (nSPS) is 33.1. The van der Waals surface area contributed by atoms with Gasteiger partial charge in [-0.05, 0) is 28.1 Å². The van der Waals surface area contributed by atoms with Gasteiger partial charge in [-0.3, -0.25) is 4.79 Å². The molecule has 4 heteroatoms. The minimum Gasteiger partial charge on any atom is -0.327 e. The molecule has 1 saturated carbocycles. The van der Waals surface area contributed by atoms with Crippen molar-refractivity contribution in [3.05, 3.63) is 28.7 Å². The maximum atomic E-state index is 11.9. The average Bonchev–Trinajstić information content (AvgIpc) is 2.70. The van der Waals surface area contributed by atoms with Crippen LogP contribution in [-0.4, -0.2) is 18.5 Å². The number of anilines is 1. The molecule has 15 heavy (non-hydrogen) atoms. The van der Waals surface area contributed by atoms with Crippen LogP contribution in [-0.2, 0) is 4.79 Å². The SMILES string of the molecule is NC1C2CN(c3ccccc3Br)C(=O)C12. The summed E-state index contributed by atoms with van der Waals surface area (Å²) >= 11 is 3.46. The van der Waals surface area contributed by atoms with E-state index in [4.69, 9.17) is 5.73 Å². The van der Waals surface area contributed by atoms with E-state index in [1.165, 1.54) is 0 Å².